The standard InChI is InChI=1S/C16H25F2NO/c1-5-8-19-13(11-16(2,3)20-4)9-12-6-7-14(17)15(18)10-12/h6-7,10,13,19H,5,8-9,11H2,1-4H3. The van der Waals surface area contributed by atoms with Crippen molar-refractivity contribution in [3.8, 4) is 0 Å². The molecule has 1 rings (SSSR count). The smallest absolute Gasteiger partial charge is 0.159 e. The van der Waals surface area contributed by atoms with Gasteiger partial charge in [0.1, 0.15) is 0 Å². The Labute approximate surface area is 120 Å². The summed E-state index contributed by atoms with van der Waals surface area (Å²) >= 11 is 0. The lowest BCUT2D eigenvalue weighted by Crippen LogP contribution is -2.39. The second-order valence-electron chi connectivity index (χ2n) is 5.77. The largest absolute Gasteiger partial charge is 0.379 e. The van der Waals surface area contributed by atoms with E-state index in [2.05, 4.69) is 12.2 Å². The van der Waals surface area contributed by atoms with Crippen molar-refractivity contribution in [2.45, 2.75) is 51.7 Å². The van der Waals surface area contributed by atoms with Crippen LogP contribution in [0.3, 0.4) is 0 Å². The van der Waals surface area contributed by atoms with Crippen LogP contribution in [-0.2, 0) is 11.2 Å². The van der Waals surface area contributed by atoms with Gasteiger partial charge in [-0.05, 0) is 57.4 Å². The monoisotopic (exact) mass is 285 g/mol. The number of nitrogens with one attached hydrogen (secondary N) is 1. The number of hydrogen-bond acceptors (Lipinski definition) is 2. The highest BCUT2D eigenvalue weighted by Gasteiger charge is 2.23. The Balaban J connectivity index is 2.75. The Hall–Kier alpha value is -1.00. The van der Waals surface area contributed by atoms with Crippen LogP contribution >= 0.6 is 0 Å². The highest BCUT2D eigenvalue weighted by Crippen LogP contribution is 2.19. The van der Waals surface area contributed by atoms with Gasteiger partial charge < -0.3 is 10.1 Å². The first-order valence-corrected chi connectivity index (χ1v) is 7.10. The van der Waals surface area contributed by atoms with Crippen molar-refractivity contribution >= 4 is 0 Å². The van der Waals surface area contributed by atoms with Crippen molar-refractivity contribution < 1.29 is 13.5 Å². The number of benzene rings is 1. The lowest BCUT2D eigenvalue weighted by molar-refractivity contribution is 0.00714. The number of ether oxygens (including phenoxy) is 1. The van der Waals surface area contributed by atoms with Crippen LogP contribution in [0.25, 0.3) is 0 Å². The molecule has 0 spiro atoms. The molecule has 0 aliphatic heterocycles. The summed E-state index contributed by atoms with van der Waals surface area (Å²) in [6, 6.07) is 4.27. The minimum atomic E-state index is -0.802. The van der Waals surface area contributed by atoms with Crippen molar-refractivity contribution in [3.05, 3.63) is 35.4 Å². The first-order chi connectivity index (χ1) is 9.38. The molecule has 0 bridgehead atoms. The Morgan fingerprint density at radius 1 is 1.25 bits per heavy atom. The van der Waals surface area contributed by atoms with Gasteiger partial charge in [0.2, 0.25) is 0 Å². The molecule has 0 aliphatic rings. The lowest BCUT2D eigenvalue weighted by atomic mass is 9.94. The van der Waals surface area contributed by atoms with Gasteiger partial charge in [0, 0.05) is 13.2 Å². The molecule has 2 nitrogen and oxygen atoms in total. The quantitative estimate of drug-likeness (QED) is 0.786. The number of hydrogen-bond donors (Lipinski definition) is 1. The maximum atomic E-state index is 13.3. The third-order valence-electron chi connectivity index (χ3n) is 3.44. The molecular formula is C16H25F2NO. The molecule has 0 saturated carbocycles. The minimum Gasteiger partial charge on any atom is -0.379 e. The molecule has 0 saturated heterocycles. The normalized spacial score (nSPS) is 13.5. The molecule has 1 unspecified atom stereocenters. The zero-order valence-corrected chi connectivity index (χ0v) is 12.8. The fraction of sp³-hybridized carbons (Fsp3) is 0.625. The average molecular weight is 285 g/mol. The number of halogens is 2. The van der Waals surface area contributed by atoms with E-state index >= 15 is 0 Å². The van der Waals surface area contributed by atoms with E-state index in [4.69, 9.17) is 4.74 Å². The first-order valence-electron chi connectivity index (χ1n) is 7.10. The van der Waals surface area contributed by atoms with E-state index in [1.165, 1.54) is 12.1 Å². The van der Waals surface area contributed by atoms with Crippen molar-refractivity contribution in [1.82, 2.24) is 5.32 Å². The van der Waals surface area contributed by atoms with Gasteiger partial charge in [-0.25, -0.2) is 8.78 Å². The third-order valence-corrected chi connectivity index (χ3v) is 3.44. The summed E-state index contributed by atoms with van der Waals surface area (Å²) in [6.07, 6.45) is 2.49. The van der Waals surface area contributed by atoms with Crippen LogP contribution in [0.4, 0.5) is 8.78 Å². The van der Waals surface area contributed by atoms with Gasteiger partial charge in [-0.3, -0.25) is 0 Å². The van der Waals surface area contributed by atoms with E-state index in [1.807, 2.05) is 13.8 Å². The van der Waals surface area contributed by atoms with Crippen molar-refractivity contribution in [3.63, 3.8) is 0 Å². The molecule has 114 valence electrons. The molecular weight excluding hydrogens is 260 g/mol. The second kappa shape index (κ2) is 7.70. The molecule has 1 N–H and O–H groups in total. The first kappa shape index (κ1) is 17.1. The fourth-order valence-electron chi connectivity index (χ4n) is 2.19. The van der Waals surface area contributed by atoms with Crippen LogP contribution in [0.5, 0.6) is 0 Å². The summed E-state index contributed by atoms with van der Waals surface area (Å²) in [6.45, 7) is 7.05. The molecule has 0 amide bonds. The van der Waals surface area contributed by atoms with E-state index < -0.39 is 11.6 Å². The molecule has 0 heterocycles. The van der Waals surface area contributed by atoms with Crippen molar-refractivity contribution in [2.75, 3.05) is 13.7 Å². The maximum absolute atomic E-state index is 13.3. The zero-order valence-electron chi connectivity index (χ0n) is 12.8. The topological polar surface area (TPSA) is 21.3 Å². The summed E-state index contributed by atoms with van der Waals surface area (Å²) < 4.78 is 31.7. The number of methoxy groups -OCH3 is 1. The summed E-state index contributed by atoms with van der Waals surface area (Å²) in [4.78, 5) is 0. The molecule has 0 fully saturated rings. The molecule has 20 heavy (non-hydrogen) atoms. The van der Waals surface area contributed by atoms with Crippen LogP contribution in [0.1, 0.15) is 39.2 Å². The van der Waals surface area contributed by atoms with Gasteiger partial charge in [0.15, 0.2) is 11.6 Å². The van der Waals surface area contributed by atoms with Gasteiger partial charge in [-0.1, -0.05) is 13.0 Å². The predicted molar refractivity (Wildman–Crippen MR) is 77.8 cm³/mol. The highest BCUT2D eigenvalue weighted by molar-refractivity contribution is 5.19. The van der Waals surface area contributed by atoms with Gasteiger partial charge in [-0.15, -0.1) is 0 Å². The Kier molecular flexibility index (Phi) is 6.56. The Morgan fingerprint density at radius 3 is 2.50 bits per heavy atom. The molecule has 1 aromatic rings. The zero-order chi connectivity index (χ0) is 15.2. The third kappa shape index (κ3) is 5.55. The van der Waals surface area contributed by atoms with E-state index in [1.54, 1.807) is 13.2 Å². The number of rotatable bonds is 8. The van der Waals surface area contributed by atoms with Crippen LogP contribution < -0.4 is 5.32 Å². The van der Waals surface area contributed by atoms with Crippen LogP contribution in [0.2, 0.25) is 0 Å². The lowest BCUT2D eigenvalue weighted by Gasteiger charge is -2.29. The fourth-order valence-corrected chi connectivity index (χ4v) is 2.19. The predicted octanol–water partition coefficient (Wildman–Crippen LogP) is 3.69. The second-order valence-corrected chi connectivity index (χ2v) is 5.77. The molecule has 0 aliphatic carbocycles. The molecule has 0 radical (unpaired) electrons. The van der Waals surface area contributed by atoms with Crippen LogP contribution in [0, 0.1) is 11.6 Å². The summed E-state index contributed by atoms with van der Waals surface area (Å²) in [5, 5.41) is 3.45. The van der Waals surface area contributed by atoms with Crippen molar-refractivity contribution in [1.29, 1.82) is 0 Å². The van der Waals surface area contributed by atoms with Crippen molar-refractivity contribution in [2.24, 2.45) is 0 Å². The van der Waals surface area contributed by atoms with E-state index in [0.29, 0.717) is 6.42 Å². The molecule has 1 aromatic carbocycles. The van der Waals surface area contributed by atoms with Crippen LogP contribution in [0.15, 0.2) is 18.2 Å². The highest BCUT2D eigenvalue weighted by atomic mass is 19.2. The van der Waals surface area contributed by atoms with Crippen LogP contribution in [-0.4, -0.2) is 25.3 Å². The molecule has 4 heteroatoms. The summed E-state index contributed by atoms with van der Waals surface area (Å²) in [7, 11) is 1.69. The van der Waals surface area contributed by atoms with Gasteiger partial charge in [-0.2, -0.15) is 0 Å². The summed E-state index contributed by atoms with van der Waals surface area (Å²) in [5.74, 6) is -1.59. The average Bonchev–Trinajstić information content (AvgIpc) is 2.40. The minimum absolute atomic E-state index is 0.176. The summed E-state index contributed by atoms with van der Waals surface area (Å²) in [5.41, 5.74) is 0.550. The van der Waals surface area contributed by atoms with E-state index in [9.17, 15) is 8.78 Å². The molecule has 0 aromatic heterocycles. The molecule has 1 atom stereocenters. The van der Waals surface area contributed by atoms with E-state index in [0.717, 1.165) is 24.9 Å². The maximum Gasteiger partial charge on any atom is 0.159 e. The van der Waals surface area contributed by atoms with E-state index in [-0.39, 0.29) is 11.6 Å². The Bertz CT molecular complexity index is 421. The van der Waals surface area contributed by atoms with Gasteiger partial charge in [0.25, 0.3) is 0 Å². The van der Waals surface area contributed by atoms with Gasteiger partial charge >= 0.3 is 0 Å². The SMILES string of the molecule is CCCNC(Cc1ccc(F)c(F)c1)CC(C)(C)OC. The van der Waals surface area contributed by atoms with Gasteiger partial charge in [0.05, 0.1) is 5.60 Å². The Morgan fingerprint density at radius 2 is 1.95 bits per heavy atom.